The normalized spacial score (nSPS) is 31.6. The van der Waals surface area contributed by atoms with Crippen molar-refractivity contribution in [3.05, 3.63) is 30.3 Å². The molecule has 0 bridgehead atoms. The molecule has 1 aliphatic heterocycles. The van der Waals surface area contributed by atoms with Crippen LogP contribution in [0.3, 0.4) is 0 Å². The van der Waals surface area contributed by atoms with Crippen LogP contribution in [0.15, 0.2) is 30.3 Å². The van der Waals surface area contributed by atoms with Gasteiger partial charge in [-0.05, 0) is 13.8 Å². The molecule has 0 aromatic heterocycles. The monoisotopic (exact) mass is 206 g/mol. The first kappa shape index (κ1) is 9.93. The van der Waals surface area contributed by atoms with E-state index >= 15 is 0 Å². The number of rotatable bonds is 2. The molecule has 2 rings (SSSR count). The maximum Gasteiger partial charge on any atom is 0.120 e. The molecule has 2 unspecified atom stereocenters. The van der Waals surface area contributed by atoms with Crippen LogP contribution in [0.5, 0.6) is 0 Å². The molecule has 76 valence electrons. The summed E-state index contributed by atoms with van der Waals surface area (Å²) in [6.07, 6.45) is 0.435. The number of hydrogen-bond acceptors (Lipinski definition) is 1. The second-order valence-corrected chi connectivity index (χ2v) is 9.68. The van der Waals surface area contributed by atoms with Crippen molar-refractivity contribution in [1.29, 1.82) is 0 Å². The summed E-state index contributed by atoms with van der Waals surface area (Å²) in [6.45, 7) is 9.23. The second kappa shape index (κ2) is 2.94. The summed E-state index contributed by atoms with van der Waals surface area (Å²) in [6, 6.07) is 10.8. The van der Waals surface area contributed by atoms with E-state index in [0.717, 1.165) is 0 Å². The van der Waals surface area contributed by atoms with Crippen LogP contribution >= 0.6 is 0 Å². The summed E-state index contributed by atoms with van der Waals surface area (Å²) < 4.78 is 5.79. The molecule has 1 fully saturated rings. The SMILES string of the molecule is CC1OC1(C)[Si](C)(C)c1ccccc1. The molecule has 0 amide bonds. The third-order valence-corrected chi connectivity index (χ3v) is 8.66. The molecular weight excluding hydrogens is 188 g/mol. The molecule has 1 saturated heterocycles. The fraction of sp³-hybridized carbons (Fsp3) is 0.500. The average Bonchev–Trinajstić information content (AvgIpc) is 2.78. The van der Waals surface area contributed by atoms with Crippen molar-refractivity contribution < 1.29 is 4.74 Å². The smallest absolute Gasteiger partial charge is 0.120 e. The van der Waals surface area contributed by atoms with Gasteiger partial charge in [-0.15, -0.1) is 0 Å². The summed E-state index contributed by atoms with van der Waals surface area (Å²) in [5, 5.41) is 1.64. The van der Waals surface area contributed by atoms with Crippen molar-refractivity contribution in [3.63, 3.8) is 0 Å². The van der Waals surface area contributed by atoms with Crippen LogP contribution in [0, 0.1) is 0 Å². The molecule has 1 heterocycles. The van der Waals surface area contributed by atoms with Gasteiger partial charge in [-0.2, -0.15) is 0 Å². The van der Waals surface area contributed by atoms with Gasteiger partial charge in [-0.1, -0.05) is 48.6 Å². The zero-order valence-corrected chi connectivity index (χ0v) is 10.4. The quantitative estimate of drug-likeness (QED) is 0.534. The van der Waals surface area contributed by atoms with Gasteiger partial charge in [0.2, 0.25) is 0 Å². The molecule has 2 atom stereocenters. The van der Waals surface area contributed by atoms with Crippen LogP contribution in [-0.2, 0) is 4.74 Å². The highest BCUT2D eigenvalue weighted by atomic mass is 28.3. The zero-order chi connectivity index (χ0) is 10.4. The van der Waals surface area contributed by atoms with E-state index in [1.807, 2.05) is 0 Å². The standard InChI is InChI=1S/C12H18OSi/c1-10-12(2,13-10)14(3,4)11-8-6-5-7-9-11/h5-10H,1-4H3. The summed E-state index contributed by atoms with van der Waals surface area (Å²) in [4.78, 5) is 0. The van der Waals surface area contributed by atoms with Gasteiger partial charge < -0.3 is 4.74 Å². The van der Waals surface area contributed by atoms with Gasteiger partial charge in [-0.25, -0.2) is 0 Å². The molecule has 0 radical (unpaired) electrons. The van der Waals surface area contributed by atoms with E-state index in [9.17, 15) is 0 Å². The minimum atomic E-state index is -1.46. The first-order chi connectivity index (χ1) is 6.48. The molecular formula is C12H18OSi. The number of hydrogen-bond donors (Lipinski definition) is 0. The Bertz CT molecular complexity index is 333. The summed E-state index contributed by atoms with van der Waals surface area (Å²) in [7, 11) is -1.46. The third kappa shape index (κ3) is 1.25. The minimum Gasteiger partial charge on any atom is -0.370 e. The van der Waals surface area contributed by atoms with Gasteiger partial charge >= 0.3 is 0 Å². The molecule has 1 aromatic carbocycles. The molecule has 0 spiro atoms. The van der Waals surface area contributed by atoms with Gasteiger partial charge in [0.1, 0.15) is 8.07 Å². The van der Waals surface area contributed by atoms with Crippen molar-refractivity contribution >= 4 is 13.3 Å². The number of epoxide rings is 1. The predicted octanol–water partition coefficient (Wildman–Crippen LogP) is 2.32. The molecule has 1 nitrogen and oxygen atoms in total. The lowest BCUT2D eigenvalue weighted by molar-refractivity contribution is 0.362. The van der Waals surface area contributed by atoms with E-state index in [1.54, 1.807) is 0 Å². The summed E-state index contributed by atoms with van der Waals surface area (Å²) in [5.41, 5.74) is 0. The fourth-order valence-electron chi connectivity index (χ4n) is 2.13. The van der Waals surface area contributed by atoms with Crippen LogP contribution in [0.4, 0.5) is 0 Å². The predicted molar refractivity (Wildman–Crippen MR) is 62.5 cm³/mol. The van der Waals surface area contributed by atoms with E-state index in [2.05, 4.69) is 57.3 Å². The average molecular weight is 206 g/mol. The lowest BCUT2D eigenvalue weighted by Gasteiger charge is -2.27. The fourth-order valence-corrected chi connectivity index (χ4v) is 5.22. The Morgan fingerprint density at radius 3 is 2.14 bits per heavy atom. The Hall–Kier alpha value is -0.603. The number of ether oxygens (including phenoxy) is 1. The van der Waals surface area contributed by atoms with E-state index in [1.165, 1.54) is 5.19 Å². The highest BCUT2D eigenvalue weighted by molar-refractivity contribution is 6.92. The van der Waals surface area contributed by atoms with Gasteiger partial charge in [0.15, 0.2) is 0 Å². The van der Waals surface area contributed by atoms with Crippen LogP contribution in [0.2, 0.25) is 13.1 Å². The van der Waals surface area contributed by atoms with Crippen LogP contribution in [0.1, 0.15) is 13.8 Å². The Morgan fingerprint density at radius 2 is 1.71 bits per heavy atom. The third-order valence-electron chi connectivity index (χ3n) is 3.88. The Labute approximate surface area is 87.1 Å². The van der Waals surface area contributed by atoms with Crippen molar-refractivity contribution in [3.8, 4) is 0 Å². The van der Waals surface area contributed by atoms with Gasteiger partial charge in [0.05, 0.1) is 11.3 Å². The number of benzene rings is 1. The van der Waals surface area contributed by atoms with E-state index in [0.29, 0.717) is 6.10 Å². The lowest BCUT2D eigenvalue weighted by Crippen LogP contribution is -2.54. The van der Waals surface area contributed by atoms with Crippen molar-refractivity contribution in [2.45, 2.75) is 38.3 Å². The van der Waals surface area contributed by atoms with Crippen LogP contribution < -0.4 is 5.19 Å². The Balaban J connectivity index is 2.34. The molecule has 0 aliphatic carbocycles. The molecule has 2 heteroatoms. The maximum absolute atomic E-state index is 5.79. The zero-order valence-electron chi connectivity index (χ0n) is 9.37. The highest BCUT2D eigenvalue weighted by Gasteiger charge is 2.60. The van der Waals surface area contributed by atoms with E-state index in [4.69, 9.17) is 4.74 Å². The lowest BCUT2D eigenvalue weighted by atomic mass is 10.4. The molecule has 0 saturated carbocycles. The Kier molecular flexibility index (Phi) is 2.09. The summed E-state index contributed by atoms with van der Waals surface area (Å²) >= 11 is 0. The second-order valence-electron chi connectivity index (χ2n) is 4.86. The van der Waals surface area contributed by atoms with E-state index < -0.39 is 8.07 Å². The summed E-state index contributed by atoms with van der Waals surface area (Å²) in [5.74, 6) is 0. The largest absolute Gasteiger partial charge is 0.370 e. The molecule has 1 aromatic rings. The molecule has 14 heavy (non-hydrogen) atoms. The molecule has 1 aliphatic rings. The molecule has 0 N–H and O–H groups in total. The Morgan fingerprint density at radius 1 is 1.21 bits per heavy atom. The van der Waals surface area contributed by atoms with Crippen LogP contribution in [0.25, 0.3) is 0 Å². The van der Waals surface area contributed by atoms with Crippen molar-refractivity contribution in [2.75, 3.05) is 0 Å². The highest BCUT2D eigenvalue weighted by Crippen LogP contribution is 2.43. The first-order valence-electron chi connectivity index (χ1n) is 5.22. The topological polar surface area (TPSA) is 12.5 Å². The van der Waals surface area contributed by atoms with E-state index in [-0.39, 0.29) is 5.22 Å². The van der Waals surface area contributed by atoms with Crippen LogP contribution in [-0.4, -0.2) is 19.4 Å². The minimum absolute atomic E-state index is 0.147. The van der Waals surface area contributed by atoms with Gasteiger partial charge in [0.25, 0.3) is 0 Å². The van der Waals surface area contributed by atoms with Crippen molar-refractivity contribution in [2.24, 2.45) is 0 Å². The maximum atomic E-state index is 5.79. The van der Waals surface area contributed by atoms with Gasteiger partial charge in [-0.3, -0.25) is 0 Å². The first-order valence-corrected chi connectivity index (χ1v) is 8.22. The van der Waals surface area contributed by atoms with Crippen molar-refractivity contribution in [1.82, 2.24) is 0 Å². The van der Waals surface area contributed by atoms with Gasteiger partial charge in [0, 0.05) is 0 Å².